The molecule has 0 atom stereocenters. The zero-order chi connectivity index (χ0) is 18.0. The standard InChI is InChI=1S/C17H22N4O4/c1-11(22)20-5-2-12(3-6-20)17(24)21-7-4-15-14(10-21)8-13(9-18-15)16(23)19-25/h8-9,12,25H,2-7,10H2,1H3,(H,19,23). The Labute approximate surface area is 145 Å². The van der Waals surface area contributed by atoms with Gasteiger partial charge in [-0.3, -0.25) is 24.6 Å². The molecule has 8 nitrogen and oxygen atoms in total. The minimum atomic E-state index is -0.615. The molecule has 2 N–H and O–H groups in total. The molecule has 0 saturated carbocycles. The van der Waals surface area contributed by atoms with Crippen molar-refractivity contribution in [3.63, 3.8) is 0 Å². The van der Waals surface area contributed by atoms with Crippen LogP contribution in [0.4, 0.5) is 0 Å². The molecule has 1 fully saturated rings. The van der Waals surface area contributed by atoms with E-state index in [0.717, 1.165) is 11.3 Å². The lowest BCUT2D eigenvalue weighted by Gasteiger charge is -2.35. The number of pyridine rings is 1. The van der Waals surface area contributed by atoms with Crippen molar-refractivity contribution in [3.8, 4) is 0 Å². The molecule has 0 aliphatic carbocycles. The minimum absolute atomic E-state index is 0.0542. The van der Waals surface area contributed by atoms with Crippen LogP contribution >= 0.6 is 0 Å². The van der Waals surface area contributed by atoms with E-state index in [-0.39, 0.29) is 23.3 Å². The van der Waals surface area contributed by atoms with E-state index in [1.165, 1.54) is 6.20 Å². The smallest absolute Gasteiger partial charge is 0.276 e. The summed E-state index contributed by atoms with van der Waals surface area (Å²) in [5.41, 5.74) is 3.58. The number of amides is 3. The van der Waals surface area contributed by atoms with Crippen LogP contribution in [0, 0.1) is 5.92 Å². The van der Waals surface area contributed by atoms with Crippen LogP contribution in [-0.4, -0.2) is 57.3 Å². The Kier molecular flexibility index (Phi) is 4.98. The number of rotatable bonds is 2. The molecule has 25 heavy (non-hydrogen) atoms. The van der Waals surface area contributed by atoms with Crippen molar-refractivity contribution in [2.24, 2.45) is 5.92 Å². The van der Waals surface area contributed by atoms with Gasteiger partial charge in [0.25, 0.3) is 5.91 Å². The van der Waals surface area contributed by atoms with E-state index >= 15 is 0 Å². The summed E-state index contributed by atoms with van der Waals surface area (Å²) in [5, 5.41) is 8.74. The number of hydrogen-bond acceptors (Lipinski definition) is 5. The monoisotopic (exact) mass is 346 g/mol. The van der Waals surface area contributed by atoms with Crippen molar-refractivity contribution in [1.82, 2.24) is 20.3 Å². The van der Waals surface area contributed by atoms with Gasteiger partial charge >= 0.3 is 0 Å². The molecule has 0 spiro atoms. The number of hydrogen-bond donors (Lipinski definition) is 2. The van der Waals surface area contributed by atoms with Crippen LogP contribution in [0.5, 0.6) is 0 Å². The lowest BCUT2D eigenvalue weighted by atomic mass is 9.93. The van der Waals surface area contributed by atoms with Gasteiger partial charge in [0.05, 0.1) is 5.56 Å². The molecule has 1 aromatic heterocycles. The molecule has 0 radical (unpaired) electrons. The van der Waals surface area contributed by atoms with Gasteiger partial charge in [-0.1, -0.05) is 0 Å². The molecule has 3 rings (SSSR count). The van der Waals surface area contributed by atoms with Gasteiger partial charge in [-0.2, -0.15) is 0 Å². The largest absolute Gasteiger partial charge is 0.343 e. The summed E-state index contributed by atoms with van der Waals surface area (Å²) in [5.74, 6) is -0.520. The minimum Gasteiger partial charge on any atom is -0.343 e. The van der Waals surface area contributed by atoms with E-state index in [4.69, 9.17) is 5.21 Å². The van der Waals surface area contributed by atoms with Crippen molar-refractivity contribution < 1.29 is 19.6 Å². The lowest BCUT2D eigenvalue weighted by Crippen LogP contribution is -2.45. The molecule has 8 heteroatoms. The van der Waals surface area contributed by atoms with Crippen LogP contribution in [0.15, 0.2) is 12.3 Å². The van der Waals surface area contributed by atoms with Gasteiger partial charge in [0.2, 0.25) is 11.8 Å². The number of likely N-dealkylation sites (tertiary alicyclic amines) is 1. The molecule has 3 amide bonds. The van der Waals surface area contributed by atoms with Crippen LogP contribution in [0.1, 0.15) is 41.4 Å². The molecule has 1 aromatic rings. The van der Waals surface area contributed by atoms with Gasteiger partial charge in [0, 0.05) is 57.3 Å². The van der Waals surface area contributed by atoms with Crippen molar-refractivity contribution in [2.75, 3.05) is 19.6 Å². The molecule has 0 bridgehead atoms. The quantitative estimate of drug-likeness (QED) is 0.594. The fourth-order valence-electron chi connectivity index (χ4n) is 3.50. The number of nitrogens with one attached hydrogen (secondary N) is 1. The van der Waals surface area contributed by atoms with Gasteiger partial charge in [-0.05, 0) is 24.5 Å². The normalized spacial score (nSPS) is 17.8. The summed E-state index contributed by atoms with van der Waals surface area (Å²) in [7, 11) is 0. The second-order valence-electron chi connectivity index (χ2n) is 6.56. The van der Waals surface area contributed by atoms with Crippen molar-refractivity contribution in [3.05, 3.63) is 29.1 Å². The number of nitrogens with zero attached hydrogens (tertiary/aromatic N) is 3. The lowest BCUT2D eigenvalue weighted by molar-refractivity contribution is -0.140. The van der Waals surface area contributed by atoms with E-state index in [9.17, 15) is 14.4 Å². The highest BCUT2D eigenvalue weighted by atomic mass is 16.5. The summed E-state index contributed by atoms with van der Waals surface area (Å²) in [6, 6.07) is 1.67. The summed E-state index contributed by atoms with van der Waals surface area (Å²) < 4.78 is 0. The maximum Gasteiger partial charge on any atom is 0.276 e. The number of carbonyl (C=O) groups excluding carboxylic acids is 3. The highest BCUT2D eigenvalue weighted by molar-refractivity contribution is 5.93. The Balaban J connectivity index is 1.67. The van der Waals surface area contributed by atoms with E-state index < -0.39 is 5.91 Å². The van der Waals surface area contributed by atoms with Gasteiger partial charge in [0.15, 0.2) is 0 Å². The molecule has 1 saturated heterocycles. The molecule has 134 valence electrons. The Morgan fingerprint density at radius 2 is 1.92 bits per heavy atom. The Morgan fingerprint density at radius 3 is 2.56 bits per heavy atom. The van der Waals surface area contributed by atoms with Gasteiger partial charge in [-0.15, -0.1) is 0 Å². The summed E-state index contributed by atoms with van der Waals surface area (Å²) in [6.07, 6.45) is 3.45. The number of hydroxylamine groups is 1. The van der Waals surface area contributed by atoms with Gasteiger partial charge < -0.3 is 9.80 Å². The van der Waals surface area contributed by atoms with E-state index in [2.05, 4.69) is 4.98 Å². The zero-order valence-corrected chi connectivity index (χ0v) is 14.2. The van der Waals surface area contributed by atoms with E-state index in [1.54, 1.807) is 28.3 Å². The average Bonchev–Trinajstić information content (AvgIpc) is 2.65. The molecule has 0 unspecified atom stereocenters. The van der Waals surface area contributed by atoms with E-state index in [0.29, 0.717) is 45.4 Å². The molecular formula is C17H22N4O4. The third-order valence-electron chi connectivity index (χ3n) is 5.00. The SMILES string of the molecule is CC(=O)N1CCC(C(=O)N2CCc3ncc(C(=O)NO)cc3C2)CC1. The summed E-state index contributed by atoms with van der Waals surface area (Å²) in [6.45, 7) is 3.83. The van der Waals surface area contributed by atoms with Crippen molar-refractivity contribution in [1.29, 1.82) is 0 Å². The zero-order valence-electron chi connectivity index (χ0n) is 14.2. The second-order valence-corrected chi connectivity index (χ2v) is 6.56. The summed E-state index contributed by atoms with van der Waals surface area (Å²) >= 11 is 0. The molecule has 3 heterocycles. The maximum atomic E-state index is 12.8. The predicted octanol–water partition coefficient (Wildman–Crippen LogP) is 0.344. The molecule has 2 aliphatic rings. The number of carbonyl (C=O) groups is 3. The highest BCUT2D eigenvalue weighted by Gasteiger charge is 2.31. The average molecular weight is 346 g/mol. The third-order valence-corrected chi connectivity index (χ3v) is 5.00. The fraction of sp³-hybridized carbons (Fsp3) is 0.529. The molecule has 0 aromatic carbocycles. The highest BCUT2D eigenvalue weighted by Crippen LogP contribution is 2.24. The van der Waals surface area contributed by atoms with Crippen LogP contribution in [0.25, 0.3) is 0 Å². The van der Waals surface area contributed by atoms with Crippen LogP contribution in [-0.2, 0) is 22.6 Å². The first kappa shape index (κ1) is 17.3. The van der Waals surface area contributed by atoms with Gasteiger partial charge in [0.1, 0.15) is 0 Å². The van der Waals surface area contributed by atoms with Crippen molar-refractivity contribution in [2.45, 2.75) is 32.7 Å². The number of aromatic nitrogens is 1. The topological polar surface area (TPSA) is 103 Å². The van der Waals surface area contributed by atoms with Gasteiger partial charge in [-0.25, -0.2) is 5.48 Å². The van der Waals surface area contributed by atoms with Crippen LogP contribution in [0.2, 0.25) is 0 Å². The fourth-order valence-corrected chi connectivity index (χ4v) is 3.50. The van der Waals surface area contributed by atoms with Crippen LogP contribution in [0.3, 0.4) is 0 Å². The Bertz CT molecular complexity index is 698. The third kappa shape index (κ3) is 3.63. The predicted molar refractivity (Wildman–Crippen MR) is 87.6 cm³/mol. The summed E-state index contributed by atoms with van der Waals surface area (Å²) in [4.78, 5) is 43.6. The van der Waals surface area contributed by atoms with Crippen LogP contribution < -0.4 is 5.48 Å². The molecule has 2 aliphatic heterocycles. The number of piperidine rings is 1. The first-order valence-corrected chi connectivity index (χ1v) is 8.46. The first-order valence-electron chi connectivity index (χ1n) is 8.46. The Hall–Kier alpha value is -2.48. The second kappa shape index (κ2) is 7.18. The first-order chi connectivity index (χ1) is 12.0. The van der Waals surface area contributed by atoms with E-state index in [1.807, 2.05) is 0 Å². The molecular weight excluding hydrogens is 324 g/mol. The Morgan fingerprint density at radius 1 is 1.20 bits per heavy atom. The maximum absolute atomic E-state index is 12.8. The van der Waals surface area contributed by atoms with Crippen molar-refractivity contribution >= 4 is 17.7 Å². The number of fused-ring (bicyclic) bond motifs is 1.